The largest absolute Gasteiger partial charge is 0.311 e. The van der Waals surface area contributed by atoms with Crippen LogP contribution in [0.2, 0.25) is 0 Å². The molecule has 0 heterocycles. The highest BCUT2D eigenvalue weighted by atomic mass is 15.3. The minimum Gasteiger partial charge on any atom is -0.311 e. The monoisotopic (exact) mass is 129 g/mol. The maximum atomic E-state index is 6.92. The van der Waals surface area contributed by atoms with E-state index < -0.39 is 0 Å². The normalized spacial score (nSPS) is 11.9. The molecule has 9 heavy (non-hydrogen) atoms. The first-order valence-corrected chi connectivity index (χ1v) is 2.89. The minimum atomic E-state index is -0.313. The molecule has 0 aliphatic carbocycles. The maximum Gasteiger partial charge on any atom is 0.0834 e. The predicted molar refractivity (Wildman–Crippen MR) is 42.3 cm³/mol. The summed E-state index contributed by atoms with van der Waals surface area (Å²) < 4.78 is 0. The van der Waals surface area contributed by atoms with Gasteiger partial charge in [0.05, 0.1) is 5.54 Å². The molecule has 0 atom stereocenters. The van der Waals surface area contributed by atoms with Crippen molar-refractivity contribution in [3.8, 4) is 0 Å². The highest BCUT2D eigenvalue weighted by Gasteiger charge is 2.09. The first kappa shape index (κ1) is 8.14. The van der Waals surface area contributed by atoms with Gasteiger partial charge in [0, 0.05) is 13.9 Å². The Labute approximate surface area is 57.1 Å². The lowest BCUT2D eigenvalue weighted by molar-refractivity contribution is 0.536. The molecule has 0 aromatic rings. The van der Waals surface area contributed by atoms with Crippen LogP contribution in [0.15, 0.2) is 5.10 Å². The molecular weight excluding hydrogens is 114 g/mol. The summed E-state index contributed by atoms with van der Waals surface area (Å²) in [6.07, 6.45) is 2.98. The summed E-state index contributed by atoms with van der Waals surface area (Å²) in [4.78, 5) is 0. The quantitative estimate of drug-likeness (QED) is 0.437. The van der Waals surface area contributed by atoms with Crippen molar-refractivity contribution in [2.24, 2.45) is 5.10 Å². The van der Waals surface area contributed by atoms with Gasteiger partial charge in [-0.15, -0.1) is 0 Å². The summed E-state index contributed by atoms with van der Waals surface area (Å²) in [7, 11) is 0. The fourth-order valence-electron chi connectivity index (χ4n) is 0.263. The molecule has 2 N–H and O–H groups in total. The minimum absolute atomic E-state index is 0. The van der Waals surface area contributed by atoms with Gasteiger partial charge in [0.2, 0.25) is 0 Å². The fraction of sp³-hybridized carbons (Fsp3) is 0.667. The van der Waals surface area contributed by atoms with E-state index in [0.29, 0.717) is 0 Å². The topological polar surface area (TPSA) is 48.2 Å². The third-order valence-electron chi connectivity index (χ3n) is 0.843. The SMILES string of the molecule is C/C=N\NC(C)(C)C=N.[HH]. The highest BCUT2D eigenvalue weighted by Crippen LogP contribution is 1.94. The van der Waals surface area contributed by atoms with E-state index in [4.69, 9.17) is 5.41 Å². The Morgan fingerprint density at radius 2 is 2.22 bits per heavy atom. The lowest BCUT2D eigenvalue weighted by Crippen LogP contribution is -2.36. The van der Waals surface area contributed by atoms with Crippen molar-refractivity contribution < 1.29 is 1.43 Å². The van der Waals surface area contributed by atoms with Crippen molar-refractivity contribution in [1.82, 2.24) is 5.43 Å². The zero-order valence-electron chi connectivity index (χ0n) is 6.10. The smallest absolute Gasteiger partial charge is 0.0834 e. The van der Waals surface area contributed by atoms with Crippen LogP contribution < -0.4 is 5.43 Å². The summed E-state index contributed by atoms with van der Waals surface area (Å²) in [5.41, 5.74) is 2.47. The third-order valence-corrected chi connectivity index (χ3v) is 0.843. The third kappa shape index (κ3) is 3.70. The second-order valence-electron chi connectivity index (χ2n) is 2.37. The number of rotatable bonds is 3. The molecule has 0 aliphatic heterocycles. The molecule has 0 fully saturated rings. The molecule has 3 nitrogen and oxygen atoms in total. The van der Waals surface area contributed by atoms with Crippen LogP contribution in [-0.2, 0) is 0 Å². The molecule has 0 saturated heterocycles. The summed E-state index contributed by atoms with van der Waals surface area (Å²) in [5, 5.41) is 10.7. The molecule has 0 rings (SSSR count). The van der Waals surface area contributed by atoms with E-state index in [-0.39, 0.29) is 6.97 Å². The Morgan fingerprint density at radius 3 is 2.56 bits per heavy atom. The van der Waals surface area contributed by atoms with Crippen molar-refractivity contribution in [2.45, 2.75) is 26.3 Å². The molecule has 3 heteroatoms. The lowest BCUT2D eigenvalue weighted by Gasteiger charge is -2.16. The van der Waals surface area contributed by atoms with Gasteiger partial charge < -0.3 is 5.41 Å². The van der Waals surface area contributed by atoms with Crippen molar-refractivity contribution >= 4 is 12.4 Å². The summed E-state index contributed by atoms with van der Waals surface area (Å²) in [6.45, 7) is 5.59. The van der Waals surface area contributed by atoms with Crippen LogP contribution in [0.4, 0.5) is 0 Å². The Balaban J connectivity index is 0. The van der Waals surface area contributed by atoms with Crippen LogP contribution in [0.25, 0.3) is 0 Å². The number of hydrogen-bond donors (Lipinski definition) is 2. The van der Waals surface area contributed by atoms with E-state index in [1.165, 1.54) is 6.21 Å². The lowest BCUT2D eigenvalue weighted by atomic mass is 10.1. The van der Waals surface area contributed by atoms with Crippen molar-refractivity contribution in [3.05, 3.63) is 0 Å². The number of hydrazone groups is 1. The molecule has 0 amide bonds. The fourth-order valence-corrected chi connectivity index (χ4v) is 0.263. The van der Waals surface area contributed by atoms with Crippen LogP contribution in [0.3, 0.4) is 0 Å². The van der Waals surface area contributed by atoms with E-state index in [1.54, 1.807) is 6.21 Å². The van der Waals surface area contributed by atoms with Crippen LogP contribution in [0, 0.1) is 5.41 Å². The average molecular weight is 129 g/mol. The Hall–Kier alpha value is -0.860. The molecule has 0 aromatic carbocycles. The van der Waals surface area contributed by atoms with Crippen molar-refractivity contribution in [1.29, 1.82) is 5.41 Å². The molecule has 0 aliphatic rings. The number of nitrogens with one attached hydrogen (secondary N) is 2. The van der Waals surface area contributed by atoms with Crippen LogP contribution in [0.5, 0.6) is 0 Å². The Morgan fingerprint density at radius 1 is 1.67 bits per heavy atom. The van der Waals surface area contributed by atoms with Gasteiger partial charge in [-0.05, 0) is 20.8 Å². The van der Waals surface area contributed by atoms with Crippen molar-refractivity contribution in [2.75, 3.05) is 0 Å². The molecule has 0 unspecified atom stereocenters. The van der Waals surface area contributed by atoms with E-state index in [2.05, 4.69) is 10.5 Å². The van der Waals surface area contributed by atoms with Crippen molar-refractivity contribution in [3.63, 3.8) is 0 Å². The van der Waals surface area contributed by atoms with Gasteiger partial charge in [0.25, 0.3) is 0 Å². The molecular formula is C6H15N3. The first-order valence-electron chi connectivity index (χ1n) is 2.89. The van der Waals surface area contributed by atoms with Gasteiger partial charge >= 0.3 is 0 Å². The summed E-state index contributed by atoms with van der Waals surface area (Å²) in [6, 6.07) is 0. The van der Waals surface area contributed by atoms with E-state index >= 15 is 0 Å². The number of nitrogens with zero attached hydrogens (tertiary/aromatic N) is 1. The first-order chi connectivity index (χ1) is 4.12. The molecule has 54 valence electrons. The molecule has 0 aromatic heterocycles. The van der Waals surface area contributed by atoms with Crippen LogP contribution in [0.1, 0.15) is 22.2 Å². The van der Waals surface area contributed by atoms with Crippen LogP contribution in [-0.4, -0.2) is 18.0 Å². The maximum absolute atomic E-state index is 6.92. The van der Waals surface area contributed by atoms with Gasteiger partial charge in [-0.25, -0.2) is 0 Å². The molecule has 0 saturated carbocycles. The standard InChI is InChI=1S/C6H13N3.H2/c1-4-8-9-6(2,3)5-7;/h4-5,7,9H,1-3H3;1H/b7-5?,8-4-;. The van der Waals surface area contributed by atoms with Crippen LogP contribution >= 0.6 is 0 Å². The predicted octanol–water partition coefficient (Wildman–Crippen LogP) is 1.26. The van der Waals surface area contributed by atoms with E-state index in [9.17, 15) is 0 Å². The summed E-state index contributed by atoms with van der Waals surface area (Å²) in [5.74, 6) is 0. The number of hydrogen-bond acceptors (Lipinski definition) is 3. The second-order valence-corrected chi connectivity index (χ2v) is 2.37. The van der Waals surface area contributed by atoms with E-state index in [1.807, 2.05) is 20.8 Å². The Kier molecular flexibility index (Phi) is 2.91. The highest BCUT2D eigenvalue weighted by molar-refractivity contribution is 5.65. The summed E-state index contributed by atoms with van der Waals surface area (Å²) >= 11 is 0. The van der Waals surface area contributed by atoms with Gasteiger partial charge in [-0.1, -0.05) is 0 Å². The van der Waals surface area contributed by atoms with Gasteiger partial charge in [-0.3, -0.25) is 5.43 Å². The van der Waals surface area contributed by atoms with Gasteiger partial charge in [-0.2, -0.15) is 5.10 Å². The Bertz CT molecular complexity index is 120. The molecule has 0 bridgehead atoms. The van der Waals surface area contributed by atoms with Gasteiger partial charge in [0.1, 0.15) is 0 Å². The van der Waals surface area contributed by atoms with E-state index in [0.717, 1.165) is 0 Å². The van der Waals surface area contributed by atoms with Gasteiger partial charge in [0.15, 0.2) is 0 Å². The zero-order valence-corrected chi connectivity index (χ0v) is 6.10. The second kappa shape index (κ2) is 3.22. The zero-order chi connectivity index (χ0) is 7.33. The molecule has 0 radical (unpaired) electrons. The molecule has 0 spiro atoms. The average Bonchev–Trinajstić information content (AvgIpc) is 1.84.